The number of likely N-dealkylation sites (tertiary alicyclic amines) is 1. The van der Waals surface area contributed by atoms with E-state index in [0.29, 0.717) is 31.9 Å². The van der Waals surface area contributed by atoms with Crippen molar-refractivity contribution >= 4 is 12.0 Å². The lowest BCUT2D eigenvalue weighted by atomic mass is 9.97. The van der Waals surface area contributed by atoms with Crippen molar-refractivity contribution in [1.29, 1.82) is 0 Å². The van der Waals surface area contributed by atoms with E-state index in [1.54, 1.807) is 17.0 Å². The second kappa shape index (κ2) is 9.14. The first-order valence-corrected chi connectivity index (χ1v) is 8.90. The lowest BCUT2D eigenvalue weighted by molar-refractivity contribution is -0.134. The molecule has 27 heavy (non-hydrogen) atoms. The van der Waals surface area contributed by atoms with Crippen molar-refractivity contribution in [2.45, 2.75) is 25.7 Å². The highest BCUT2D eigenvalue weighted by atomic mass is 19.3. The van der Waals surface area contributed by atoms with E-state index < -0.39 is 6.61 Å². The number of amides is 1. The van der Waals surface area contributed by atoms with Gasteiger partial charge in [-0.05, 0) is 25.0 Å². The Kier molecular flexibility index (Phi) is 6.63. The fourth-order valence-corrected chi connectivity index (χ4v) is 3.39. The molecule has 0 N–H and O–H groups in total. The number of para-hydroxylation sites is 1. The number of nitrogens with zero attached hydrogens (tertiary/aromatic N) is 1. The lowest BCUT2D eigenvalue weighted by Gasteiger charge is -2.34. The summed E-state index contributed by atoms with van der Waals surface area (Å²) in [5, 5.41) is 0. The Morgan fingerprint density at radius 2 is 2.11 bits per heavy atom. The van der Waals surface area contributed by atoms with Gasteiger partial charge in [0, 0.05) is 30.6 Å². The van der Waals surface area contributed by atoms with E-state index in [1.165, 1.54) is 25.3 Å². The van der Waals surface area contributed by atoms with E-state index in [4.69, 9.17) is 14.2 Å². The van der Waals surface area contributed by atoms with Crippen molar-refractivity contribution in [3.05, 3.63) is 29.8 Å². The topological polar surface area (TPSA) is 57.2 Å². The van der Waals surface area contributed by atoms with Gasteiger partial charge in [-0.25, -0.2) is 0 Å². The number of hydrogen-bond acceptors (Lipinski definition) is 5. The number of rotatable bonds is 6. The van der Waals surface area contributed by atoms with Gasteiger partial charge in [0.15, 0.2) is 17.8 Å². The van der Waals surface area contributed by atoms with Gasteiger partial charge >= 0.3 is 6.61 Å². The minimum absolute atomic E-state index is 0.0941. The Hall–Kier alpha value is -2.19. The van der Waals surface area contributed by atoms with E-state index in [2.05, 4.69) is 4.74 Å². The van der Waals surface area contributed by atoms with E-state index in [1.807, 2.05) is 0 Å². The zero-order chi connectivity index (χ0) is 19.2. The molecule has 2 aliphatic heterocycles. The summed E-state index contributed by atoms with van der Waals surface area (Å²) in [4.78, 5) is 14.3. The average Bonchev–Trinajstić information content (AvgIpc) is 3.21. The summed E-state index contributed by atoms with van der Waals surface area (Å²) in [6, 6.07) is 4.75. The Morgan fingerprint density at radius 3 is 2.81 bits per heavy atom. The smallest absolute Gasteiger partial charge is 0.387 e. The Labute approximate surface area is 156 Å². The van der Waals surface area contributed by atoms with Crippen LogP contribution in [0.4, 0.5) is 8.78 Å². The zero-order valence-electron chi connectivity index (χ0n) is 15.1. The standard InChI is InChI=1S/C19H23F2NO5/c1-24-15-6-2-4-13(17(15)27-19(20)21)7-8-16(23)22-9-3-5-14(12-22)18-25-10-11-26-18/h2,4,6-8,14,18-19H,3,5,9-12H2,1H3/b8-7+. The summed E-state index contributed by atoms with van der Waals surface area (Å²) in [6.45, 7) is -0.634. The van der Waals surface area contributed by atoms with Gasteiger partial charge in [0.25, 0.3) is 0 Å². The minimum atomic E-state index is -2.99. The Morgan fingerprint density at radius 1 is 1.33 bits per heavy atom. The van der Waals surface area contributed by atoms with E-state index >= 15 is 0 Å². The van der Waals surface area contributed by atoms with Gasteiger partial charge in [0.05, 0.1) is 20.3 Å². The van der Waals surface area contributed by atoms with Crippen molar-refractivity contribution < 1.29 is 32.5 Å². The molecule has 1 amide bonds. The molecule has 0 spiro atoms. The fraction of sp³-hybridized carbons (Fsp3) is 0.526. The molecule has 1 atom stereocenters. The molecule has 2 aliphatic rings. The number of benzene rings is 1. The monoisotopic (exact) mass is 383 g/mol. The quantitative estimate of drug-likeness (QED) is 0.707. The van der Waals surface area contributed by atoms with Crippen LogP contribution in [0, 0.1) is 5.92 Å². The maximum absolute atomic E-state index is 12.7. The first-order valence-electron chi connectivity index (χ1n) is 8.90. The molecule has 8 heteroatoms. The highest BCUT2D eigenvalue weighted by Crippen LogP contribution is 2.33. The third-order valence-corrected chi connectivity index (χ3v) is 4.64. The van der Waals surface area contributed by atoms with Gasteiger partial charge in [-0.15, -0.1) is 0 Å². The summed E-state index contributed by atoms with van der Waals surface area (Å²) in [5.41, 5.74) is 0.346. The molecule has 3 rings (SSSR count). The van der Waals surface area contributed by atoms with Crippen LogP contribution in [-0.4, -0.2) is 57.1 Å². The van der Waals surface area contributed by atoms with Crippen molar-refractivity contribution in [1.82, 2.24) is 4.90 Å². The Balaban J connectivity index is 1.69. The number of piperidine rings is 1. The van der Waals surface area contributed by atoms with Gasteiger partial charge in [-0.3, -0.25) is 4.79 Å². The number of hydrogen-bond donors (Lipinski definition) is 0. The van der Waals surface area contributed by atoms with Crippen LogP contribution in [0.2, 0.25) is 0 Å². The average molecular weight is 383 g/mol. The third-order valence-electron chi connectivity index (χ3n) is 4.64. The highest BCUT2D eigenvalue weighted by molar-refractivity contribution is 5.92. The van der Waals surface area contributed by atoms with Crippen molar-refractivity contribution in [2.75, 3.05) is 33.4 Å². The third kappa shape index (κ3) is 4.95. The number of alkyl halides is 2. The molecule has 2 fully saturated rings. The minimum Gasteiger partial charge on any atom is -0.493 e. The van der Waals surface area contributed by atoms with Crippen molar-refractivity contribution in [3.63, 3.8) is 0 Å². The highest BCUT2D eigenvalue weighted by Gasteiger charge is 2.32. The number of carbonyl (C=O) groups is 1. The molecule has 1 unspecified atom stereocenters. The number of halogens is 2. The van der Waals surface area contributed by atoms with Crippen LogP contribution < -0.4 is 9.47 Å². The molecule has 0 saturated carbocycles. The molecule has 0 radical (unpaired) electrons. The Bertz CT molecular complexity index is 676. The molecular weight excluding hydrogens is 360 g/mol. The number of ether oxygens (including phenoxy) is 4. The van der Waals surface area contributed by atoms with Gasteiger partial charge in [0.1, 0.15) is 0 Å². The first-order chi connectivity index (χ1) is 13.1. The van der Waals surface area contributed by atoms with Crippen LogP contribution in [0.15, 0.2) is 24.3 Å². The van der Waals surface area contributed by atoms with Crippen molar-refractivity contribution in [2.24, 2.45) is 5.92 Å². The molecule has 1 aromatic rings. The molecule has 2 heterocycles. The molecule has 6 nitrogen and oxygen atoms in total. The van der Waals surface area contributed by atoms with Crippen LogP contribution in [0.1, 0.15) is 18.4 Å². The maximum atomic E-state index is 12.7. The largest absolute Gasteiger partial charge is 0.493 e. The second-order valence-electron chi connectivity index (χ2n) is 6.39. The molecular formula is C19H23F2NO5. The van der Waals surface area contributed by atoms with E-state index in [-0.39, 0.29) is 29.6 Å². The molecule has 0 bridgehead atoms. The normalized spacial score (nSPS) is 21.2. The van der Waals surface area contributed by atoms with Crippen molar-refractivity contribution in [3.8, 4) is 11.5 Å². The fourth-order valence-electron chi connectivity index (χ4n) is 3.39. The summed E-state index contributed by atoms with van der Waals surface area (Å²) < 4.78 is 46.1. The molecule has 0 aliphatic carbocycles. The van der Waals surface area contributed by atoms with Crippen LogP contribution in [0.3, 0.4) is 0 Å². The first kappa shape index (κ1) is 19.6. The SMILES string of the molecule is COc1cccc(/C=C/C(=O)N2CCCC(C3OCCO3)C2)c1OC(F)F. The summed E-state index contributed by atoms with van der Waals surface area (Å²) in [7, 11) is 1.37. The van der Waals surface area contributed by atoms with Crippen LogP contribution >= 0.6 is 0 Å². The molecule has 2 saturated heterocycles. The predicted octanol–water partition coefficient (Wildman–Crippen LogP) is 2.92. The molecule has 0 aromatic heterocycles. The van der Waals surface area contributed by atoms with E-state index in [9.17, 15) is 13.6 Å². The summed E-state index contributed by atoms with van der Waals surface area (Å²) in [6.07, 6.45) is 4.39. The summed E-state index contributed by atoms with van der Waals surface area (Å²) in [5.74, 6) is 0.0402. The van der Waals surface area contributed by atoms with Gasteiger partial charge in [-0.1, -0.05) is 12.1 Å². The van der Waals surface area contributed by atoms with Gasteiger partial charge in [-0.2, -0.15) is 8.78 Å². The maximum Gasteiger partial charge on any atom is 0.387 e. The zero-order valence-corrected chi connectivity index (χ0v) is 15.1. The van der Waals surface area contributed by atoms with Gasteiger partial charge < -0.3 is 23.8 Å². The molecule has 148 valence electrons. The number of carbonyl (C=O) groups excluding carboxylic acids is 1. The molecule has 1 aromatic carbocycles. The van der Waals surface area contributed by atoms with Gasteiger partial charge in [0.2, 0.25) is 5.91 Å². The predicted molar refractivity (Wildman–Crippen MR) is 93.7 cm³/mol. The van der Waals surface area contributed by atoms with Crippen LogP contribution in [0.25, 0.3) is 6.08 Å². The summed E-state index contributed by atoms with van der Waals surface area (Å²) >= 11 is 0. The van der Waals surface area contributed by atoms with E-state index in [0.717, 1.165) is 12.8 Å². The van der Waals surface area contributed by atoms with Crippen LogP contribution in [0.5, 0.6) is 11.5 Å². The second-order valence-corrected chi connectivity index (χ2v) is 6.39. The number of methoxy groups -OCH3 is 1. The van der Waals surface area contributed by atoms with Crippen LogP contribution in [-0.2, 0) is 14.3 Å². The lowest BCUT2D eigenvalue weighted by Crippen LogP contribution is -2.43.